The van der Waals surface area contributed by atoms with Gasteiger partial charge in [0.2, 0.25) is 59.1 Å². The minimum Gasteiger partial charge on any atom is -0.508 e. The topological polar surface area (TPSA) is 572 Å². The van der Waals surface area contributed by atoms with E-state index < -0.39 is 221 Å². The van der Waals surface area contributed by atoms with Crippen LogP contribution in [0.2, 0.25) is 0 Å². The standard InChI is InChI=1S/C43H61N11O22/c1-18(47-36(68)21(44)17-55)35(67)48-23(7-11-31(59)60)37(69)49-24(8-12-32(61)62)38(70)50-25(9-13-33(63)64)40(72)53-27(16-34(65)66)42(74)51-22(6-10-29(45)57)39(71)52-26(14-19-2-4-20(56)5-3-19)41(73)54-28(43(75)76)15-30(46)58/h2-5,18,21-28,55-56H,6-17,44H2,1H3,(H2,45,57)(H2,46,58)(H,47,68)(H,48,67)(H,49,69)(H,50,70)(H,51,74)(H,52,71)(H,53,72)(H,54,73)(H,59,60)(H,61,62)(H,63,64)(H,65,66)(H,75,76)/t18-,21-,22-,23-,24-,25-,26-,27-,28-/m0/s1. The first-order valence-corrected chi connectivity index (χ1v) is 22.7. The molecule has 10 amide bonds. The highest BCUT2D eigenvalue weighted by Gasteiger charge is 2.36. The van der Waals surface area contributed by atoms with E-state index in [1.807, 2.05) is 10.6 Å². The zero-order chi connectivity index (χ0) is 58.0. The molecule has 76 heavy (non-hydrogen) atoms. The summed E-state index contributed by atoms with van der Waals surface area (Å²) in [6.07, 6.45) is -8.89. The van der Waals surface area contributed by atoms with Crippen molar-refractivity contribution in [2.45, 2.75) is 132 Å². The predicted molar refractivity (Wildman–Crippen MR) is 251 cm³/mol. The number of benzene rings is 1. The Balaban J connectivity index is 3.61. The molecule has 21 N–H and O–H groups in total. The number of nitrogens with two attached hydrogens (primary N) is 3. The van der Waals surface area contributed by atoms with Gasteiger partial charge in [-0.3, -0.25) is 67.1 Å². The van der Waals surface area contributed by atoms with Crippen molar-refractivity contribution in [1.82, 2.24) is 42.5 Å². The molecular weight excluding hydrogens is 1020 g/mol. The van der Waals surface area contributed by atoms with Gasteiger partial charge in [0.05, 0.1) is 19.4 Å². The second-order valence-corrected chi connectivity index (χ2v) is 16.7. The van der Waals surface area contributed by atoms with Gasteiger partial charge in [0, 0.05) is 32.1 Å². The minimum absolute atomic E-state index is 0.217. The molecule has 0 aliphatic rings. The lowest BCUT2D eigenvalue weighted by molar-refractivity contribution is -0.143. The number of hydrogen-bond donors (Lipinski definition) is 18. The van der Waals surface area contributed by atoms with Gasteiger partial charge >= 0.3 is 29.8 Å². The van der Waals surface area contributed by atoms with Crippen molar-refractivity contribution in [3.05, 3.63) is 29.8 Å². The Kier molecular flexibility index (Phi) is 27.6. The molecule has 0 saturated heterocycles. The predicted octanol–water partition coefficient (Wildman–Crippen LogP) is -7.55. The number of aliphatic hydroxyl groups is 1. The molecule has 0 fully saturated rings. The van der Waals surface area contributed by atoms with Crippen molar-refractivity contribution >= 4 is 88.9 Å². The lowest BCUT2D eigenvalue weighted by Crippen LogP contribution is -2.60. The molecular formula is C43H61N11O22. The molecule has 1 rings (SSSR count). The Morgan fingerprint density at radius 1 is 0.434 bits per heavy atom. The molecule has 0 unspecified atom stereocenters. The summed E-state index contributed by atoms with van der Waals surface area (Å²) < 4.78 is 0. The van der Waals surface area contributed by atoms with E-state index in [2.05, 4.69) is 31.9 Å². The Morgan fingerprint density at radius 2 is 0.789 bits per heavy atom. The molecule has 0 aliphatic carbocycles. The number of nitrogens with one attached hydrogen (secondary N) is 8. The maximum Gasteiger partial charge on any atom is 0.326 e. The number of carboxylic acid groups (broad SMARTS) is 5. The number of carboxylic acids is 5. The summed E-state index contributed by atoms with van der Waals surface area (Å²) >= 11 is 0. The molecule has 9 atom stereocenters. The monoisotopic (exact) mass is 1080 g/mol. The highest BCUT2D eigenvalue weighted by molar-refractivity contribution is 5.99. The van der Waals surface area contributed by atoms with E-state index in [9.17, 15) is 103 Å². The maximum absolute atomic E-state index is 13.9. The lowest BCUT2D eigenvalue weighted by Gasteiger charge is -2.27. The maximum atomic E-state index is 13.9. The van der Waals surface area contributed by atoms with E-state index >= 15 is 0 Å². The van der Waals surface area contributed by atoms with E-state index in [1.54, 1.807) is 0 Å². The average molecular weight is 1080 g/mol. The van der Waals surface area contributed by atoms with Gasteiger partial charge in [-0.25, -0.2) is 4.79 Å². The number of aliphatic hydroxyl groups excluding tert-OH is 1. The van der Waals surface area contributed by atoms with Crippen LogP contribution in [0.3, 0.4) is 0 Å². The zero-order valence-electron chi connectivity index (χ0n) is 40.5. The van der Waals surface area contributed by atoms with Gasteiger partial charge in [-0.2, -0.15) is 0 Å². The second kappa shape index (κ2) is 32.2. The van der Waals surface area contributed by atoms with Crippen molar-refractivity contribution in [2.75, 3.05) is 6.61 Å². The number of rotatable bonds is 36. The van der Waals surface area contributed by atoms with Crippen LogP contribution in [-0.2, 0) is 78.3 Å². The summed E-state index contributed by atoms with van der Waals surface area (Å²) in [7, 11) is 0. The second-order valence-electron chi connectivity index (χ2n) is 16.7. The van der Waals surface area contributed by atoms with Crippen molar-refractivity contribution in [1.29, 1.82) is 0 Å². The summed E-state index contributed by atoms with van der Waals surface area (Å²) in [5.41, 5.74) is 16.0. The highest BCUT2D eigenvalue weighted by atomic mass is 16.4. The minimum atomic E-state index is -2.23. The van der Waals surface area contributed by atoms with Gasteiger partial charge in [-0.05, 0) is 50.3 Å². The van der Waals surface area contributed by atoms with Crippen LogP contribution in [-0.4, -0.2) is 186 Å². The number of phenols is 1. The largest absolute Gasteiger partial charge is 0.508 e. The molecule has 420 valence electrons. The van der Waals surface area contributed by atoms with Crippen LogP contribution in [0.1, 0.15) is 76.7 Å². The van der Waals surface area contributed by atoms with Crippen LogP contribution in [0.15, 0.2) is 24.3 Å². The molecule has 1 aromatic rings. The van der Waals surface area contributed by atoms with E-state index in [0.29, 0.717) is 0 Å². The Morgan fingerprint density at radius 3 is 1.16 bits per heavy atom. The van der Waals surface area contributed by atoms with Gasteiger partial charge < -0.3 is 95.5 Å². The fourth-order valence-corrected chi connectivity index (χ4v) is 6.43. The van der Waals surface area contributed by atoms with E-state index in [4.69, 9.17) is 22.3 Å². The first kappa shape index (κ1) is 65.0. The average Bonchev–Trinajstić information content (AvgIpc) is 3.32. The van der Waals surface area contributed by atoms with Crippen LogP contribution >= 0.6 is 0 Å². The molecule has 0 bridgehead atoms. The number of aliphatic carboxylic acids is 5. The van der Waals surface area contributed by atoms with E-state index in [0.717, 1.165) is 6.92 Å². The third-order valence-electron chi connectivity index (χ3n) is 10.5. The molecule has 0 spiro atoms. The third kappa shape index (κ3) is 25.1. The van der Waals surface area contributed by atoms with Crippen molar-refractivity contribution in [2.24, 2.45) is 17.2 Å². The summed E-state index contributed by atoms with van der Waals surface area (Å²) in [6.45, 7) is 0.304. The van der Waals surface area contributed by atoms with E-state index in [-0.39, 0.29) is 11.3 Å². The van der Waals surface area contributed by atoms with Crippen LogP contribution < -0.4 is 59.7 Å². The first-order valence-electron chi connectivity index (χ1n) is 22.7. The van der Waals surface area contributed by atoms with Gasteiger partial charge in [0.15, 0.2) is 0 Å². The molecule has 1 aromatic carbocycles. The van der Waals surface area contributed by atoms with Gasteiger partial charge in [-0.15, -0.1) is 0 Å². The molecule has 0 radical (unpaired) electrons. The molecule has 0 aliphatic heterocycles. The van der Waals surface area contributed by atoms with Crippen LogP contribution in [0.5, 0.6) is 5.75 Å². The van der Waals surface area contributed by atoms with Gasteiger partial charge in [0.25, 0.3) is 0 Å². The number of aromatic hydroxyl groups is 1. The fourth-order valence-electron chi connectivity index (χ4n) is 6.43. The van der Waals surface area contributed by atoms with Crippen molar-refractivity contribution < 1.29 is 108 Å². The lowest BCUT2D eigenvalue weighted by atomic mass is 10.0. The van der Waals surface area contributed by atoms with Crippen LogP contribution in [0.4, 0.5) is 0 Å². The first-order chi connectivity index (χ1) is 35.4. The molecule has 33 heteroatoms. The fraction of sp³-hybridized carbons (Fsp3) is 0.512. The van der Waals surface area contributed by atoms with Crippen molar-refractivity contribution in [3.8, 4) is 5.75 Å². The van der Waals surface area contributed by atoms with Crippen LogP contribution in [0.25, 0.3) is 0 Å². The number of phenolic OH excluding ortho intramolecular Hbond substituents is 1. The zero-order valence-corrected chi connectivity index (χ0v) is 40.5. The highest BCUT2D eigenvalue weighted by Crippen LogP contribution is 2.13. The molecule has 0 heterocycles. The summed E-state index contributed by atoms with van der Waals surface area (Å²) in [4.78, 5) is 189. The summed E-state index contributed by atoms with van der Waals surface area (Å²) in [5.74, 6) is -20.8. The van der Waals surface area contributed by atoms with E-state index in [1.165, 1.54) is 24.3 Å². The Bertz CT molecular complexity index is 2330. The van der Waals surface area contributed by atoms with Gasteiger partial charge in [0.1, 0.15) is 60.1 Å². The Hall–Kier alpha value is -9.01. The normalized spacial score (nSPS) is 14.3. The third-order valence-corrected chi connectivity index (χ3v) is 10.5. The molecule has 33 nitrogen and oxygen atoms in total. The number of carbonyl (C=O) groups excluding carboxylic acids is 10. The van der Waals surface area contributed by atoms with Gasteiger partial charge in [-0.1, -0.05) is 12.1 Å². The molecule has 0 saturated carbocycles. The quantitative estimate of drug-likeness (QED) is 0.0297. The summed E-state index contributed by atoms with van der Waals surface area (Å²) in [5, 5.41) is 83.1. The Labute approximate surface area is 429 Å². The molecule has 0 aromatic heterocycles. The number of primary amides is 2. The smallest absolute Gasteiger partial charge is 0.326 e. The van der Waals surface area contributed by atoms with Crippen molar-refractivity contribution in [3.63, 3.8) is 0 Å². The number of hydrogen-bond acceptors (Lipinski definition) is 18. The SMILES string of the molecule is C[C@H](NC(=O)[C@@H](N)CO)C(=O)N[C@@H](CCC(=O)O)C(=O)N[C@@H](CCC(=O)O)C(=O)N[C@@H](CCC(=O)O)C(=O)N[C@@H](CC(=O)O)C(=O)N[C@@H](CCC(N)=O)C(=O)N[C@@H](Cc1ccc(O)cc1)C(=O)N[C@@H](CC(N)=O)C(=O)O. The number of amides is 10. The van der Waals surface area contributed by atoms with Crippen LogP contribution in [0, 0.1) is 0 Å². The summed E-state index contributed by atoms with van der Waals surface area (Å²) in [6, 6.07) is -11.6. The number of carbonyl (C=O) groups is 15.